The van der Waals surface area contributed by atoms with Crippen LogP contribution in [0.25, 0.3) is 0 Å². The van der Waals surface area contributed by atoms with Crippen LogP contribution in [0.1, 0.15) is 40.5 Å². The highest BCUT2D eigenvalue weighted by Gasteiger charge is 2.28. The third-order valence-electron chi connectivity index (χ3n) is 5.58. The van der Waals surface area contributed by atoms with Crippen molar-refractivity contribution < 1.29 is 19.1 Å². The van der Waals surface area contributed by atoms with Crippen LogP contribution in [0.4, 0.5) is 11.4 Å². The average Bonchev–Trinajstić information content (AvgIpc) is 3.12. The van der Waals surface area contributed by atoms with Gasteiger partial charge in [0, 0.05) is 48.1 Å². The molecule has 0 radical (unpaired) electrons. The summed E-state index contributed by atoms with van der Waals surface area (Å²) in [6, 6.07) is 14.1. The van der Waals surface area contributed by atoms with E-state index >= 15 is 0 Å². The largest absolute Gasteiger partial charge is 0.378 e. The first-order valence-electron chi connectivity index (χ1n) is 10.2. The molecule has 0 spiro atoms. The molecule has 0 aliphatic carbocycles. The number of carbonyl (C=O) groups is 3. The first kappa shape index (κ1) is 20.1. The van der Waals surface area contributed by atoms with Gasteiger partial charge >= 0.3 is 0 Å². The fourth-order valence-corrected chi connectivity index (χ4v) is 3.85. The van der Waals surface area contributed by atoms with Gasteiger partial charge in [0.25, 0.3) is 11.8 Å². The monoisotopic (exact) mass is 407 g/mol. The topological polar surface area (TPSA) is 79.0 Å². The number of hydrogen-bond donors (Lipinski definition) is 1. The molecule has 0 bridgehead atoms. The average molecular weight is 407 g/mol. The van der Waals surface area contributed by atoms with E-state index in [1.807, 2.05) is 19.1 Å². The molecule has 2 aromatic rings. The van der Waals surface area contributed by atoms with Gasteiger partial charge < -0.3 is 19.9 Å². The van der Waals surface area contributed by atoms with Crippen molar-refractivity contribution in [3.8, 4) is 0 Å². The van der Waals surface area contributed by atoms with Gasteiger partial charge in [-0.2, -0.15) is 0 Å². The Bertz CT molecular complexity index is 934. The summed E-state index contributed by atoms with van der Waals surface area (Å²) in [5.41, 5.74) is 2.52. The molecule has 3 amide bonds. The molecule has 1 unspecified atom stereocenters. The van der Waals surface area contributed by atoms with Crippen molar-refractivity contribution in [3.63, 3.8) is 0 Å². The molecule has 1 N–H and O–H groups in total. The Morgan fingerprint density at radius 3 is 2.20 bits per heavy atom. The van der Waals surface area contributed by atoms with Crippen LogP contribution in [-0.4, -0.2) is 55.0 Å². The molecule has 2 saturated heterocycles. The van der Waals surface area contributed by atoms with Gasteiger partial charge in [-0.25, -0.2) is 0 Å². The zero-order valence-electron chi connectivity index (χ0n) is 17.0. The standard InChI is InChI=1S/C23H25N3O4/c1-16-2-11-21(27)26(16)20-9-7-19(8-10-20)24-22(28)17-3-5-18(6-4-17)23(29)25-12-14-30-15-13-25/h3-10,16H,2,11-15H2,1H3,(H,24,28). The zero-order valence-corrected chi connectivity index (χ0v) is 17.0. The molecule has 2 aromatic carbocycles. The van der Waals surface area contributed by atoms with E-state index in [2.05, 4.69) is 5.32 Å². The van der Waals surface area contributed by atoms with Gasteiger partial charge in [0.1, 0.15) is 0 Å². The lowest BCUT2D eigenvalue weighted by Gasteiger charge is -2.26. The van der Waals surface area contributed by atoms with E-state index in [0.717, 1.165) is 12.1 Å². The smallest absolute Gasteiger partial charge is 0.255 e. The number of anilines is 2. The van der Waals surface area contributed by atoms with Crippen LogP contribution in [-0.2, 0) is 9.53 Å². The summed E-state index contributed by atoms with van der Waals surface area (Å²) in [5, 5.41) is 2.86. The highest BCUT2D eigenvalue weighted by molar-refractivity contribution is 6.05. The lowest BCUT2D eigenvalue weighted by atomic mass is 10.1. The number of nitrogens with zero attached hydrogens (tertiary/aromatic N) is 2. The lowest BCUT2D eigenvalue weighted by molar-refractivity contribution is -0.117. The fraction of sp³-hybridized carbons (Fsp3) is 0.348. The molecule has 1 atom stereocenters. The summed E-state index contributed by atoms with van der Waals surface area (Å²) in [5.74, 6) is -0.170. The summed E-state index contributed by atoms with van der Waals surface area (Å²) in [6.07, 6.45) is 1.44. The van der Waals surface area contributed by atoms with Crippen LogP contribution in [0, 0.1) is 0 Å². The van der Waals surface area contributed by atoms with Crippen LogP contribution < -0.4 is 10.2 Å². The Balaban J connectivity index is 1.39. The molecular weight excluding hydrogens is 382 g/mol. The molecule has 2 aliphatic heterocycles. The number of rotatable bonds is 4. The second-order valence-corrected chi connectivity index (χ2v) is 7.63. The van der Waals surface area contributed by atoms with Crippen molar-refractivity contribution >= 4 is 29.1 Å². The highest BCUT2D eigenvalue weighted by Crippen LogP contribution is 2.27. The van der Waals surface area contributed by atoms with Gasteiger partial charge in [-0.3, -0.25) is 14.4 Å². The second-order valence-electron chi connectivity index (χ2n) is 7.63. The fourth-order valence-electron chi connectivity index (χ4n) is 3.85. The van der Waals surface area contributed by atoms with Gasteiger partial charge in [0.15, 0.2) is 0 Å². The van der Waals surface area contributed by atoms with Gasteiger partial charge in [-0.1, -0.05) is 0 Å². The summed E-state index contributed by atoms with van der Waals surface area (Å²) in [6.45, 7) is 4.30. The van der Waals surface area contributed by atoms with Crippen molar-refractivity contribution in [1.29, 1.82) is 0 Å². The molecule has 2 aliphatic rings. The Morgan fingerprint density at radius 1 is 0.967 bits per heavy atom. The van der Waals surface area contributed by atoms with E-state index in [9.17, 15) is 14.4 Å². The maximum atomic E-state index is 12.6. The third-order valence-corrected chi connectivity index (χ3v) is 5.58. The summed E-state index contributed by atoms with van der Waals surface area (Å²) < 4.78 is 5.27. The SMILES string of the molecule is CC1CCC(=O)N1c1ccc(NC(=O)c2ccc(C(=O)N3CCOCC3)cc2)cc1. The van der Waals surface area contributed by atoms with Crippen molar-refractivity contribution in [2.75, 3.05) is 36.5 Å². The third kappa shape index (κ3) is 4.21. The van der Waals surface area contributed by atoms with Gasteiger partial charge in [0.2, 0.25) is 5.91 Å². The summed E-state index contributed by atoms with van der Waals surface area (Å²) in [7, 11) is 0. The minimum atomic E-state index is -0.251. The van der Waals surface area contributed by atoms with Crippen LogP contribution >= 0.6 is 0 Å². The van der Waals surface area contributed by atoms with Crippen LogP contribution in [0.3, 0.4) is 0 Å². The molecule has 7 heteroatoms. The number of carbonyl (C=O) groups excluding carboxylic acids is 3. The summed E-state index contributed by atoms with van der Waals surface area (Å²) in [4.78, 5) is 40.6. The number of nitrogens with one attached hydrogen (secondary N) is 1. The molecule has 0 aromatic heterocycles. The number of ether oxygens (including phenoxy) is 1. The summed E-state index contributed by atoms with van der Waals surface area (Å²) >= 11 is 0. The number of amides is 3. The second kappa shape index (κ2) is 8.67. The minimum Gasteiger partial charge on any atom is -0.378 e. The molecule has 0 saturated carbocycles. The Morgan fingerprint density at radius 2 is 1.60 bits per heavy atom. The number of morpholine rings is 1. The Kier molecular flexibility index (Phi) is 5.81. The van der Waals surface area contributed by atoms with Crippen molar-refractivity contribution in [3.05, 3.63) is 59.7 Å². The molecule has 2 fully saturated rings. The lowest BCUT2D eigenvalue weighted by Crippen LogP contribution is -2.40. The molecule has 30 heavy (non-hydrogen) atoms. The van der Waals surface area contributed by atoms with E-state index in [-0.39, 0.29) is 23.8 Å². The maximum absolute atomic E-state index is 12.6. The number of hydrogen-bond acceptors (Lipinski definition) is 4. The van der Waals surface area contributed by atoms with E-state index in [1.54, 1.807) is 46.2 Å². The normalized spacial score (nSPS) is 19.1. The molecular formula is C23H25N3O4. The molecule has 2 heterocycles. The predicted octanol–water partition coefficient (Wildman–Crippen LogP) is 2.93. The van der Waals surface area contributed by atoms with Crippen molar-refractivity contribution in [2.24, 2.45) is 0 Å². The Hall–Kier alpha value is -3.19. The minimum absolute atomic E-state index is 0.0495. The molecule has 4 rings (SSSR count). The van der Waals surface area contributed by atoms with E-state index in [4.69, 9.17) is 4.74 Å². The first-order valence-corrected chi connectivity index (χ1v) is 10.2. The zero-order chi connectivity index (χ0) is 21.1. The van der Waals surface area contributed by atoms with E-state index in [0.29, 0.717) is 49.5 Å². The molecule has 156 valence electrons. The highest BCUT2D eigenvalue weighted by atomic mass is 16.5. The quantitative estimate of drug-likeness (QED) is 0.845. The van der Waals surface area contributed by atoms with Crippen molar-refractivity contribution in [2.45, 2.75) is 25.8 Å². The van der Waals surface area contributed by atoms with Crippen LogP contribution in [0.5, 0.6) is 0 Å². The van der Waals surface area contributed by atoms with Gasteiger partial charge in [-0.15, -0.1) is 0 Å². The van der Waals surface area contributed by atoms with Crippen molar-refractivity contribution in [1.82, 2.24) is 4.90 Å². The first-order chi connectivity index (χ1) is 14.5. The van der Waals surface area contributed by atoms with Gasteiger partial charge in [-0.05, 0) is 61.9 Å². The van der Waals surface area contributed by atoms with E-state index in [1.165, 1.54) is 0 Å². The Labute approximate surface area is 175 Å². The van der Waals surface area contributed by atoms with Crippen LogP contribution in [0.15, 0.2) is 48.5 Å². The molecule has 7 nitrogen and oxygen atoms in total. The number of benzene rings is 2. The maximum Gasteiger partial charge on any atom is 0.255 e. The van der Waals surface area contributed by atoms with E-state index < -0.39 is 0 Å². The predicted molar refractivity (Wildman–Crippen MR) is 114 cm³/mol. The van der Waals surface area contributed by atoms with Crippen LogP contribution in [0.2, 0.25) is 0 Å². The van der Waals surface area contributed by atoms with Gasteiger partial charge in [0.05, 0.1) is 13.2 Å².